The molecular formula is C15H13ClN2O3. The lowest BCUT2D eigenvalue weighted by Gasteiger charge is -2.07. The van der Waals surface area contributed by atoms with Crippen molar-refractivity contribution in [3.05, 3.63) is 58.9 Å². The number of aromatic nitrogens is 1. The number of aryl methyl sites for hydroxylation is 1. The number of rotatable bonds is 5. The standard InChI is InChI=1S/C15H13ClN2O3/c16-13-6-4-11(9-12(13)15(20)21)18-14(19)7-5-10-3-1-2-8-17-10/h1-4,6,8-9H,5,7H2,(H,18,19)(H,20,21). The van der Waals surface area contributed by atoms with Crippen molar-refractivity contribution in [3.63, 3.8) is 0 Å². The Morgan fingerprint density at radius 3 is 2.71 bits per heavy atom. The van der Waals surface area contributed by atoms with Gasteiger partial charge in [-0.1, -0.05) is 17.7 Å². The third kappa shape index (κ3) is 4.29. The van der Waals surface area contributed by atoms with E-state index in [0.29, 0.717) is 12.1 Å². The molecule has 0 radical (unpaired) electrons. The van der Waals surface area contributed by atoms with E-state index in [2.05, 4.69) is 10.3 Å². The fourth-order valence-electron chi connectivity index (χ4n) is 1.78. The quantitative estimate of drug-likeness (QED) is 0.890. The summed E-state index contributed by atoms with van der Waals surface area (Å²) in [6, 6.07) is 9.86. The number of carboxylic acids is 1. The second-order valence-electron chi connectivity index (χ2n) is 4.37. The number of carboxylic acid groups (broad SMARTS) is 1. The molecule has 0 fully saturated rings. The molecule has 2 rings (SSSR count). The minimum absolute atomic E-state index is 0.0424. The molecule has 0 aliphatic rings. The first-order chi connectivity index (χ1) is 10.1. The Labute approximate surface area is 126 Å². The van der Waals surface area contributed by atoms with Crippen LogP contribution in [0.2, 0.25) is 5.02 Å². The van der Waals surface area contributed by atoms with E-state index < -0.39 is 5.97 Å². The van der Waals surface area contributed by atoms with Crippen LogP contribution in [0.5, 0.6) is 0 Å². The molecule has 0 aliphatic heterocycles. The summed E-state index contributed by atoms with van der Waals surface area (Å²) in [5.74, 6) is -1.34. The van der Waals surface area contributed by atoms with Crippen molar-refractivity contribution >= 4 is 29.2 Å². The predicted molar refractivity (Wildman–Crippen MR) is 79.6 cm³/mol. The number of carbonyl (C=O) groups excluding carboxylic acids is 1. The lowest BCUT2D eigenvalue weighted by atomic mass is 10.2. The van der Waals surface area contributed by atoms with Crippen LogP contribution in [0.1, 0.15) is 22.5 Å². The summed E-state index contributed by atoms with van der Waals surface area (Å²) in [6.07, 6.45) is 2.46. The van der Waals surface area contributed by atoms with E-state index in [1.807, 2.05) is 18.2 Å². The number of benzene rings is 1. The maximum Gasteiger partial charge on any atom is 0.337 e. The zero-order valence-corrected chi connectivity index (χ0v) is 11.8. The van der Waals surface area contributed by atoms with Crippen LogP contribution in [0, 0.1) is 0 Å². The monoisotopic (exact) mass is 304 g/mol. The third-order valence-electron chi connectivity index (χ3n) is 2.81. The van der Waals surface area contributed by atoms with Gasteiger partial charge in [-0.2, -0.15) is 0 Å². The molecule has 0 unspecified atom stereocenters. The number of nitrogens with one attached hydrogen (secondary N) is 1. The van der Waals surface area contributed by atoms with E-state index in [1.54, 1.807) is 12.3 Å². The van der Waals surface area contributed by atoms with Gasteiger partial charge in [0, 0.05) is 24.0 Å². The fourth-order valence-corrected chi connectivity index (χ4v) is 1.98. The Morgan fingerprint density at radius 1 is 1.24 bits per heavy atom. The zero-order chi connectivity index (χ0) is 15.2. The van der Waals surface area contributed by atoms with Crippen molar-refractivity contribution in [2.24, 2.45) is 0 Å². The summed E-state index contributed by atoms with van der Waals surface area (Å²) in [5, 5.41) is 11.8. The highest BCUT2D eigenvalue weighted by Crippen LogP contribution is 2.20. The predicted octanol–water partition coefficient (Wildman–Crippen LogP) is 3.00. The average molecular weight is 305 g/mol. The van der Waals surface area contributed by atoms with Gasteiger partial charge in [0.2, 0.25) is 5.91 Å². The number of amides is 1. The minimum Gasteiger partial charge on any atom is -0.478 e. The Balaban J connectivity index is 1.97. The van der Waals surface area contributed by atoms with Gasteiger partial charge in [-0.25, -0.2) is 4.79 Å². The van der Waals surface area contributed by atoms with Gasteiger partial charge in [-0.3, -0.25) is 9.78 Å². The highest BCUT2D eigenvalue weighted by atomic mass is 35.5. The molecular weight excluding hydrogens is 292 g/mol. The van der Waals surface area contributed by atoms with E-state index in [4.69, 9.17) is 16.7 Å². The molecule has 0 bridgehead atoms. The first kappa shape index (κ1) is 15.0. The SMILES string of the molecule is O=C(CCc1ccccn1)Nc1ccc(Cl)c(C(=O)O)c1. The maximum absolute atomic E-state index is 11.8. The number of hydrogen-bond donors (Lipinski definition) is 2. The second kappa shape index (κ2) is 6.85. The van der Waals surface area contributed by atoms with Crippen molar-refractivity contribution in [1.29, 1.82) is 0 Å². The molecule has 108 valence electrons. The molecule has 6 heteroatoms. The Bertz CT molecular complexity index is 659. The first-order valence-electron chi connectivity index (χ1n) is 6.29. The van der Waals surface area contributed by atoms with Gasteiger partial charge in [0.25, 0.3) is 0 Å². The van der Waals surface area contributed by atoms with Crippen LogP contribution in [-0.2, 0) is 11.2 Å². The molecule has 0 spiro atoms. The van der Waals surface area contributed by atoms with Crippen LogP contribution in [0.3, 0.4) is 0 Å². The Morgan fingerprint density at radius 2 is 2.05 bits per heavy atom. The lowest BCUT2D eigenvalue weighted by molar-refractivity contribution is -0.116. The number of carbonyl (C=O) groups is 2. The number of pyridine rings is 1. The molecule has 0 saturated heterocycles. The second-order valence-corrected chi connectivity index (χ2v) is 4.78. The Hall–Kier alpha value is -2.40. The zero-order valence-electron chi connectivity index (χ0n) is 11.0. The highest BCUT2D eigenvalue weighted by molar-refractivity contribution is 6.33. The molecule has 0 atom stereocenters. The van der Waals surface area contributed by atoms with Crippen molar-refractivity contribution in [3.8, 4) is 0 Å². The van der Waals surface area contributed by atoms with Crippen molar-refractivity contribution in [1.82, 2.24) is 4.98 Å². The Kier molecular flexibility index (Phi) is 4.90. The largest absolute Gasteiger partial charge is 0.478 e. The molecule has 1 heterocycles. The molecule has 2 aromatic rings. The molecule has 2 N–H and O–H groups in total. The van der Waals surface area contributed by atoms with Gasteiger partial charge >= 0.3 is 5.97 Å². The van der Waals surface area contributed by atoms with E-state index >= 15 is 0 Å². The fraction of sp³-hybridized carbons (Fsp3) is 0.133. The molecule has 5 nitrogen and oxygen atoms in total. The molecule has 21 heavy (non-hydrogen) atoms. The maximum atomic E-state index is 11.8. The van der Waals surface area contributed by atoms with Crippen LogP contribution in [0.4, 0.5) is 5.69 Å². The number of anilines is 1. The first-order valence-corrected chi connectivity index (χ1v) is 6.66. The van der Waals surface area contributed by atoms with E-state index in [9.17, 15) is 9.59 Å². The van der Waals surface area contributed by atoms with E-state index in [-0.39, 0.29) is 22.9 Å². The van der Waals surface area contributed by atoms with Crippen LogP contribution in [0.15, 0.2) is 42.6 Å². The van der Waals surface area contributed by atoms with E-state index in [1.165, 1.54) is 12.1 Å². The van der Waals surface area contributed by atoms with Crippen LogP contribution < -0.4 is 5.32 Å². The smallest absolute Gasteiger partial charge is 0.337 e. The normalized spacial score (nSPS) is 10.1. The van der Waals surface area contributed by atoms with E-state index in [0.717, 1.165) is 5.69 Å². The highest BCUT2D eigenvalue weighted by Gasteiger charge is 2.11. The number of hydrogen-bond acceptors (Lipinski definition) is 3. The lowest BCUT2D eigenvalue weighted by Crippen LogP contribution is -2.13. The summed E-state index contributed by atoms with van der Waals surface area (Å²) in [4.78, 5) is 26.9. The van der Waals surface area contributed by atoms with Gasteiger partial charge in [0.05, 0.1) is 10.6 Å². The number of aromatic carboxylic acids is 1. The summed E-state index contributed by atoms with van der Waals surface area (Å²) < 4.78 is 0. The number of halogens is 1. The molecule has 0 aliphatic carbocycles. The molecule has 0 saturated carbocycles. The van der Waals surface area contributed by atoms with Gasteiger partial charge in [0.1, 0.15) is 0 Å². The van der Waals surface area contributed by atoms with Crippen molar-refractivity contribution in [2.75, 3.05) is 5.32 Å². The summed E-state index contributed by atoms with van der Waals surface area (Å²) in [7, 11) is 0. The van der Waals surface area contributed by atoms with Gasteiger partial charge in [-0.05, 0) is 36.8 Å². The molecule has 1 aromatic carbocycles. The van der Waals surface area contributed by atoms with Crippen LogP contribution in [-0.4, -0.2) is 22.0 Å². The van der Waals surface area contributed by atoms with Crippen molar-refractivity contribution < 1.29 is 14.7 Å². The van der Waals surface area contributed by atoms with Crippen LogP contribution >= 0.6 is 11.6 Å². The summed E-state index contributed by atoms with van der Waals surface area (Å²) in [6.45, 7) is 0. The molecule has 1 aromatic heterocycles. The van der Waals surface area contributed by atoms with Crippen molar-refractivity contribution in [2.45, 2.75) is 12.8 Å². The average Bonchev–Trinajstić information content (AvgIpc) is 2.48. The third-order valence-corrected chi connectivity index (χ3v) is 3.14. The number of nitrogens with zero attached hydrogens (tertiary/aromatic N) is 1. The topological polar surface area (TPSA) is 79.3 Å². The minimum atomic E-state index is -1.13. The summed E-state index contributed by atoms with van der Waals surface area (Å²) in [5.41, 5.74) is 1.19. The van der Waals surface area contributed by atoms with Gasteiger partial charge in [0.15, 0.2) is 0 Å². The van der Waals surface area contributed by atoms with Gasteiger partial charge < -0.3 is 10.4 Å². The van der Waals surface area contributed by atoms with Crippen LogP contribution in [0.25, 0.3) is 0 Å². The molecule has 1 amide bonds. The summed E-state index contributed by atoms with van der Waals surface area (Å²) >= 11 is 5.77. The van der Waals surface area contributed by atoms with Gasteiger partial charge in [-0.15, -0.1) is 0 Å².